The van der Waals surface area contributed by atoms with Gasteiger partial charge in [-0.2, -0.15) is 0 Å². The van der Waals surface area contributed by atoms with Crippen molar-refractivity contribution in [3.05, 3.63) is 30.1 Å². The second-order valence-corrected chi connectivity index (χ2v) is 4.95. The van der Waals surface area contributed by atoms with Crippen LogP contribution in [0.1, 0.15) is 25.3 Å². The van der Waals surface area contributed by atoms with Gasteiger partial charge in [0, 0.05) is 24.2 Å². The molecule has 1 aliphatic heterocycles. The van der Waals surface area contributed by atoms with E-state index in [-0.39, 0.29) is 0 Å². The fourth-order valence-electron chi connectivity index (χ4n) is 1.64. The Bertz CT molecular complexity index is 351. The Balaban J connectivity index is 1.92. The lowest BCUT2D eigenvalue weighted by atomic mass is 10.2. The summed E-state index contributed by atoms with van der Waals surface area (Å²) < 4.78 is 0. The molecule has 0 aliphatic carbocycles. The number of amidine groups is 1. The number of pyridine rings is 1. The van der Waals surface area contributed by atoms with Gasteiger partial charge >= 0.3 is 0 Å². The van der Waals surface area contributed by atoms with Crippen LogP contribution in [0.15, 0.2) is 29.5 Å². The van der Waals surface area contributed by atoms with Crippen molar-refractivity contribution >= 4 is 16.9 Å². The summed E-state index contributed by atoms with van der Waals surface area (Å²) in [4.78, 5) is 8.59. The Morgan fingerprint density at radius 2 is 2.31 bits per heavy atom. The fraction of sp³-hybridized carbons (Fsp3) is 0.500. The first-order chi connectivity index (χ1) is 7.88. The number of hydrogen-bond acceptors (Lipinski definition) is 3. The van der Waals surface area contributed by atoms with E-state index in [0.717, 1.165) is 11.7 Å². The quantitative estimate of drug-likeness (QED) is 0.874. The van der Waals surface area contributed by atoms with E-state index in [1.807, 2.05) is 36.3 Å². The number of rotatable bonds is 3. The Morgan fingerprint density at radius 3 is 3.06 bits per heavy atom. The molecule has 1 aliphatic rings. The number of aromatic nitrogens is 1. The molecule has 1 saturated heterocycles. The first-order valence-corrected chi connectivity index (χ1v) is 6.69. The largest absolute Gasteiger partial charge is 0.362 e. The molecule has 16 heavy (non-hydrogen) atoms. The molecule has 1 N–H and O–H groups in total. The summed E-state index contributed by atoms with van der Waals surface area (Å²) in [7, 11) is 0. The SMILES string of the molecule is CCC1CCSC(=NCc2ccncc2)N1. The molecule has 0 radical (unpaired) electrons. The first kappa shape index (κ1) is 11.5. The van der Waals surface area contributed by atoms with E-state index in [1.165, 1.54) is 24.2 Å². The van der Waals surface area contributed by atoms with Gasteiger partial charge in [-0.05, 0) is 30.5 Å². The van der Waals surface area contributed by atoms with Crippen LogP contribution < -0.4 is 5.32 Å². The average Bonchev–Trinajstić information content (AvgIpc) is 2.38. The van der Waals surface area contributed by atoms with Gasteiger partial charge in [-0.1, -0.05) is 18.7 Å². The highest BCUT2D eigenvalue weighted by Crippen LogP contribution is 2.16. The van der Waals surface area contributed by atoms with Crippen LogP contribution >= 0.6 is 11.8 Å². The normalized spacial score (nSPS) is 23.1. The van der Waals surface area contributed by atoms with E-state index in [1.54, 1.807) is 0 Å². The lowest BCUT2D eigenvalue weighted by Crippen LogP contribution is -2.37. The van der Waals surface area contributed by atoms with Crippen molar-refractivity contribution in [1.29, 1.82) is 0 Å². The number of aliphatic imine (C=N–C) groups is 1. The van der Waals surface area contributed by atoms with Crippen molar-refractivity contribution in [2.24, 2.45) is 4.99 Å². The number of nitrogens with one attached hydrogen (secondary N) is 1. The van der Waals surface area contributed by atoms with Gasteiger partial charge in [-0.25, -0.2) is 0 Å². The minimum atomic E-state index is 0.609. The Labute approximate surface area is 101 Å². The van der Waals surface area contributed by atoms with Gasteiger partial charge in [0.05, 0.1) is 6.54 Å². The van der Waals surface area contributed by atoms with Gasteiger partial charge < -0.3 is 5.32 Å². The zero-order valence-electron chi connectivity index (χ0n) is 9.52. The third kappa shape index (κ3) is 3.23. The van der Waals surface area contributed by atoms with E-state index in [2.05, 4.69) is 22.2 Å². The molecule has 0 spiro atoms. The zero-order chi connectivity index (χ0) is 11.2. The summed E-state index contributed by atoms with van der Waals surface area (Å²) in [6, 6.07) is 4.63. The van der Waals surface area contributed by atoms with Crippen LogP contribution in [0.5, 0.6) is 0 Å². The molecule has 1 aromatic rings. The van der Waals surface area contributed by atoms with Crippen LogP contribution in [0, 0.1) is 0 Å². The highest BCUT2D eigenvalue weighted by Gasteiger charge is 2.14. The summed E-state index contributed by atoms with van der Waals surface area (Å²) in [5, 5.41) is 4.56. The summed E-state index contributed by atoms with van der Waals surface area (Å²) in [5.41, 5.74) is 1.21. The smallest absolute Gasteiger partial charge is 0.157 e. The lowest BCUT2D eigenvalue weighted by Gasteiger charge is -2.24. The van der Waals surface area contributed by atoms with Crippen LogP contribution in [-0.2, 0) is 6.54 Å². The molecule has 4 heteroatoms. The molecule has 3 nitrogen and oxygen atoms in total. The molecule has 0 aromatic carbocycles. The van der Waals surface area contributed by atoms with Crippen molar-refractivity contribution in [2.75, 3.05) is 5.75 Å². The average molecular weight is 235 g/mol. The van der Waals surface area contributed by atoms with Crippen LogP contribution in [-0.4, -0.2) is 21.9 Å². The van der Waals surface area contributed by atoms with Crippen molar-refractivity contribution in [3.8, 4) is 0 Å². The molecule has 1 atom stereocenters. The van der Waals surface area contributed by atoms with E-state index < -0.39 is 0 Å². The van der Waals surface area contributed by atoms with Crippen molar-refractivity contribution in [2.45, 2.75) is 32.4 Å². The molecule has 0 saturated carbocycles. The summed E-state index contributed by atoms with van der Waals surface area (Å²) in [6.07, 6.45) is 6.04. The third-order valence-corrected chi connectivity index (χ3v) is 3.64. The molecule has 1 fully saturated rings. The standard InChI is InChI=1S/C12H17N3S/c1-2-11-5-8-16-12(15-11)14-9-10-3-6-13-7-4-10/h3-4,6-7,11H,2,5,8-9H2,1H3,(H,14,15). The number of hydrogen-bond donors (Lipinski definition) is 1. The van der Waals surface area contributed by atoms with Gasteiger partial charge in [0.15, 0.2) is 5.17 Å². The van der Waals surface area contributed by atoms with Gasteiger partial charge in [-0.15, -0.1) is 0 Å². The second kappa shape index (κ2) is 5.89. The monoisotopic (exact) mass is 235 g/mol. The summed E-state index contributed by atoms with van der Waals surface area (Å²) in [6.45, 7) is 2.96. The van der Waals surface area contributed by atoms with Crippen molar-refractivity contribution in [1.82, 2.24) is 10.3 Å². The minimum absolute atomic E-state index is 0.609. The maximum absolute atomic E-state index is 4.59. The molecular formula is C12H17N3S. The molecule has 1 aromatic heterocycles. The molecule has 2 heterocycles. The van der Waals surface area contributed by atoms with Gasteiger partial charge in [0.25, 0.3) is 0 Å². The molecule has 0 amide bonds. The van der Waals surface area contributed by atoms with Crippen LogP contribution in [0.25, 0.3) is 0 Å². The van der Waals surface area contributed by atoms with E-state index in [9.17, 15) is 0 Å². The van der Waals surface area contributed by atoms with E-state index in [0.29, 0.717) is 6.04 Å². The maximum atomic E-state index is 4.59. The molecule has 86 valence electrons. The van der Waals surface area contributed by atoms with Gasteiger partial charge in [0.1, 0.15) is 0 Å². The van der Waals surface area contributed by atoms with Gasteiger partial charge in [-0.3, -0.25) is 9.98 Å². The summed E-state index contributed by atoms with van der Waals surface area (Å²) >= 11 is 1.82. The number of thioether (sulfide) groups is 1. The third-order valence-electron chi connectivity index (χ3n) is 2.68. The molecule has 1 unspecified atom stereocenters. The van der Waals surface area contributed by atoms with E-state index in [4.69, 9.17) is 0 Å². The Morgan fingerprint density at radius 1 is 1.50 bits per heavy atom. The van der Waals surface area contributed by atoms with Crippen LogP contribution in [0.3, 0.4) is 0 Å². The fourth-order valence-corrected chi connectivity index (χ4v) is 2.64. The second-order valence-electron chi connectivity index (χ2n) is 3.86. The van der Waals surface area contributed by atoms with Crippen LogP contribution in [0.4, 0.5) is 0 Å². The van der Waals surface area contributed by atoms with Crippen LogP contribution in [0.2, 0.25) is 0 Å². The van der Waals surface area contributed by atoms with Gasteiger partial charge in [0.2, 0.25) is 0 Å². The number of nitrogens with zero attached hydrogens (tertiary/aromatic N) is 2. The maximum Gasteiger partial charge on any atom is 0.157 e. The Hall–Kier alpha value is -1.03. The molecule has 2 rings (SSSR count). The Kier molecular flexibility index (Phi) is 4.22. The highest BCUT2D eigenvalue weighted by molar-refractivity contribution is 8.13. The van der Waals surface area contributed by atoms with Crippen molar-refractivity contribution < 1.29 is 0 Å². The molecule has 0 bridgehead atoms. The predicted molar refractivity (Wildman–Crippen MR) is 69.7 cm³/mol. The molecular weight excluding hydrogens is 218 g/mol. The van der Waals surface area contributed by atoms with Crippen molar-refractivity contribution in [3.63, 3.8) is 0 Å². The summed E-state index contributed by atoms with van der Waals surface area (Å²) in [5.74, 6) is 1.18. The zero-order valence-corrected chi connectivity index (χ0v) is 10.3. The highest BCUT2D eigenvalue weighted by atomic mass is 32.2. The first-order valence-electron chi connectivity index (χ1n) is 5.71. The minimum Gasteiger partial charge on any atom is -0.362 e. The predicted octanol–water partition coefficient (Wildman–Crippen LogP) is 2.44. The van der Waals surface area contributed by atoms with E-state index >= 15 is 0 Å². The topological polar surface area (TPSA) is 37.3 Å². The lowest BCUT2D eigenvalue weighted by molar-refractivity contribution is 0.570.